The first-order valence-electron chi connectivity index (χ1n) is 8.79. The minimum absolute atomic E-state index is 0.274. The van der Waals surface area contributed by atoms with Crippen molar-refractivity contribution in [3.05, 3.63) is 74.7 Å². The molecule has 0 unspecified atom stereocenters. The lowest BCUT2D eigenvalue weighted by Gasteiger charge is -2.11. The highest BCUT2D eigenvalue weighted by atomic mass is 79.9. The maximum absolute atomic E-state index is 12.8. The summed E-state index contributed by atoms with van der Waals surface area (Å²) in [5.41, 5.74) is 1.79. The summed E-state index contributed by atoms with van der Waals surface area (Å²) >= 11 is 9.37. The van der Waals surface area contributed by atoms with Crippen LogP contribution in [0.15, 0.2) is 64.1 Å². The predicted molar refractivity (Wildman–Crippen MR) is 117 cm³/mol. The van der Waals surface area contributed by atoms with Gasteiger partial charge < -0.3 is 10.1 Å². The van der Waals surface area contributed by atoms with Gasteiger partial charge in [-0.1, -0.05) is 39.7 Å². The SMILES string of the molecule is COc1ccc(Cl)cc1NC(=O)Cn1ncn2nc(-c3ccc(Br)cc3)cc2c1=O. The summed E-state index contributed by atoms with van der Waals surface area (Å²) in [6.45, 7) is -0.274. The van der Waals surface area contributed by atoms with Crippen molar-refractivity contribution in [1.29, 1.82) is 0 Å². The number of ether oxygens (including phenoxy) is 1. The Bertz CT molecular complexity index is 1300. The van der Waals surface area contributed by atoms with Crippen LogP contribution in [-0.2, 0) is 11.3 Å². The number of benzene rings is 2. The number of hydrogen-bond acceptors (Lipinski definition) is 5. The van der Waals surface area contributed by atoms with Crippen LogP contribution < -0.4 is 15.6 Å². The van der Waals surface area contributed by atoms with Gasteiger partial charge in [0.25, 0.3) is 5.56 Å². The first-order valence-corrected chi connectivity index (χ1v) is 9.96. The summed E-state index contributed by atoms with van der Waals surface area (Å²) in [6.07, 6.45) is 1.40. The second-order valence-corrected chi connectivity index (χ2v) is 7.70. The van der Waals surface area contributed by atoms with E-state index in [1.165, 1.54) is 18.0 Å². The molecule has 0 saturated carbocycles. The van der Waals surface area contributed by atoms with Crippen LogP contribution in [0.1, 0.15) is 0 Å². The van der Waals surface area contributed by atoms with Crippen molar-refractivity contribution in [2.75, 3.05) is 12.4 Å². The minimum atomic E-state index is -0.442. The molecule has 2 aromatic carbocycles. The Balaban J connectivity index is 1.60. The van der Waals surface area contributed by atoms with Crippen LogP contribution in [0.25, 0.3) is 16.8 Å². The molecule has 0 bridgehead atoms. The Labute approximate surface area is 184 Å². The van der Waals surface area contributed by atoms with E-state index in [1.54, 1.807) is 24.3 Å². The molecule has 0 aliphatic rings. The number of methoxy groups -OCH3 is 1. The number of carbonyl (C=O) groups is 1. The molecule has 0 atom stereocenters. The van der Waals surface area contributed by atoms with Crippen LogP contribution in [0.3, 0.4) is 0 Å². The standard InChI is InChI=1S/C20H15BrClN5O3/c1-30-18-7-6-14(22)8-16(18)24-19(28)10-26-20(29)17-9-15(25-27(17)11-23-26)12-2-4-13(21)5-3-12/h2-9,11H,10H2,1H3,(H,24,28). The quantitative estimate of drug-likeness (QED) is 0.463. The summed E-state index contributed by atoms with van der Waals surface area (Å²) in [6, 6.07) is 14.1. The van der Waals surface area contributed by atoms with E-state index in [9.17, 15) is 9.59 Å². The smallest absolute Gasteiger partial charge is 0.293 e. The number of amides is 1. The van der Waals surface area contributed by atoms with Gasteiger partial charge in [-0.05, 0) is 36.4 Å². The number of halogens is 2. The van der Waals surface area contributed by atoms with Crippen LogP contribution in [0.2, 0.25) is 5.02 Å². The van der Waals surface area contributed by atoms with Crippen LogP contribution in [0.4, 0.5) is 5.69 Å². The normalized spacial score (nSPS) is 10.9. The summed E-state index contributed by atoms with van der Waals surface area (Å²) in [7, 11) is 1.49. The molecule has 0 spiro atoms. The van der Waals surface area contributed by atoms with Crippen molar-refractivity contribution in [2.24, 2.45) is 0 Å². The minimum Gasteiger partial charge on any atom is -0.495 e. The number of hydrogen-bond donors (Lipinski definition) is 1. The number of rotatable bonds is 5. The lowest BCUT2D eigenvalue weighted by Crippen LogP contribution is -2.30. The van der Waals surface area contributed by atoms with E-state index in [0.29, 0.717) is 27.7 Å². The van der Waals surface area contributed by atoms with Crippen LogP contribution >= 0.6 is 27.5 Å². The third-order valence-corrected chi connectivity index (χ3v) is 5.12. The fraction of sp³-hybridized carbons (Fsp3) is 0.100. The molecule has 0 aliphatic carbocycles. The van der Waals surface area contributed by atoms with Gasteiger partial charge in [0.15, 0.2) is 0 Å². The van der Waals surface area contributed by atoms with Crippen molar-refractivity contribution < 1.29 is 9.53 Å². The molecule has 2 aromatic heterocycles. The summed E-state index contributed by atoms with van der Waals surface area (Å²) in [5.74, 6) is 0.0144. The highest BCUT2D eigenvalue weighted by Crippen LogP contribution is 2.27. The highest BCUT2D eigenvalue weighted by molar-refractivity contribution is 9.10. The Morgan fingerprint density at radius 3 is 2.70 bits per heavy atom. The van der Waals surface area contributed by atoms with Gasteiger partial charge in [-0.25, -0.2) is 9.20 Å². The Morgan fingerprint density at radius 1 is 1.20 bits per heavy atom. The van der Waals surface area contributed by atoms with Crippen molar-refractivity contribution in [3.63, 3.8) is 0 Å². The van der Waals surface area contributed by atoms with Gasteiger partial charge in [0.05, 0.1) is 18.5 Å². The second kappa shape index (κ2) is 8.29. The molecule has 1 amide bonds. The van der Waals surface area contributed by atoms with Gasteiger partial charge in [-0.3, -0.25) is 9.59 Å². The van der Waals surface area contributed by atoms with Gasteiger partial charge in [0.1, 0.15) is 24.1 Å². The molecular formula is C20H15BrClN5O3. The third-order valence-electron chi connectivity index (χ3n) is 4.36. The lowest BCUT2D eigenvalue weighted by atomic mass is 10.1. The van der Waals surface area contributed by atoms with E-state index >= 15 is 0 Å². The molecule has 10 heteroatoms. The topological polar surface area (TPSA) is 90.5 Å². The van der Waals surface area contributed by atoms with Crippen LogP contribution in [-0.4, -0.2) is 32.4 Å². The van der Waals surface area contributed by atoms with E-state index in [4.69, 9.17) is 16.3 Å². The number of fused-ring (bicyclic) bond motifs is 1. The molecule has 1 N–H and O–H groups in total. The summed E-state index contributed by atoms with van der Waals surface area (Å²) < 4.78 is 8.63. The molecule has 0 saturated heterocycles. The van der Waals surface area contributed by atoms with Crippen molar-refractivity contribution in [3.8, 4) is 17.0 Å². The Morgan fingerprint density at radius 2 is 1.97 bits per heavy atom. The summed E-state index contributed by atoms with van der Waals surface area (Å²) in [5, 5.41) is 11.6. The van der Waals surface area contributed by atoms with E-state index < -0.39 is 11.5 Å². The third kappa shape index (κ3) is 4.07. The molecule has 0 fully saturated rings. The molecule has 4 aromatic rings. The predicted octanol–water partition coefficient (Wildman–Crippen LogP) is 3.62. The number of nitrogens with zero attached hydrogens (tertiary/aromatic N) is 4. The fourth-order valence-corrected chi connectivity index (χ4v) is 3.35. The zero-order chi connectivity index (χ0) is 21.3. The monoisotopic (exact) mass is 487 g/mol. The molecule has 8 nitrogen and oxygen atoms in total. The Kier molecular flexibility index (Phi) is 5.56. The largest absolute Gasteiger partial charge is 0.495 e. The number of carbonyl (C=O) groups excluding carboxylic acids is 1. The maximum Gasteiger partial charge on any atom is 0.293 e. The van der Waals surface area contributed by atoms with Gasteiger partial charge in [0, 0.05) is 15.1 Å². The van der Waals surface area contributed by atoms with Gasteiger partial charge in [0.2, 0.25) is 5.91 Å². The average Bonchev–Trinajstić information content (AvgIpc) is 3.16. The first kappa shape index (κ1) is 20.1. The summed E-state index contributed by atoms with van der Waals surface area (Å²) in [4.78, 5) is 25.3. The zero-order valence-electron chi connectivity index (χ0n) is 15.7. The van der Waals surface area contributed by atoms with Crippen LogP contribution in [0.5, 0.6) is 5.75 Å². The van der Waals surface area contributed by atoms with Gasteiger partial charge >= 0.3 is 0 Å². The van der Waals surface area contributed by atoms with Gasteiger partial charge in [-0.2, -0.15) is 10.2 Å². The molecular weight excluding hydrogens is 474 g/mol. The van der Waals surface area contributed by atoms with E-state index in [2.05, 4.69) is 31.4 Å². The molecule has 0 aliphatic heterocycles. The Hall–Kier alpha value is -3.17. The zero-order valence-corrected chi connectivity index (χ0v) is 18.0. The number of nitrogens with one attached hydrogen (secondary N) is 1. The second-order valence-electron chi connectivity index (χ2n) is 6.35. The van der Waals surface area contributed by atoms with E-state index in [1.807, 2.05) is 24.3 Å². The molecule has 2 heterocycles. The molecule has 0 radical (unpaired) electrons. The van der Waals surface area contributed by atoms with E-state index in [0.717, 1.165) is 14.7 Å². The van der Waals surface area contributed by atoms with Gasteiger partial charge in [-0.15, -0.1) is 0 Å². The maximum atomic E-state index is 12.8. The number of anilines is 1. The lowest BCUT2D eigenvalue weighted by molar-refractivity contribution is -0.117. The first-order chi connectivity index (χ1) is 14.4. The average molecular weight is 489 g/mol. The molecule has 152 valence electrons. The van der Waals surface area contributed by atoms with Crippen molar-refractivity contribution in [2.45, 2.75) is 6.54 Å². The van der Waals surface area contributed by atoms with Crippen molar-refractivity contribution in [1.82, 2.24) is 19.4 Å². The molecule has 4 rings (SSSR count). The van der Waals surface area contributed by atoms with E-state index in [-0.39, 0.29) is 6.54 Å². The molecule has 30 heavy (non-hydrogen) atoms. The van der Waals surface area contributed by atoms with Crippen molar-refractivity contribution >= 4 is 44.6 Å². The van der Waals surface area contributed by atoms with Crippen LogP contribution in [0, 0.1) is 0 Å². The number of aromatic nitrogens is 4. The fourth-order valence-electron chi connectivity index (χ4n) is 2.92. The highest BCUT2D eigenvalue weighted by Gasteiger charge is 2.14.